The van der Waals surface area contributed by atoms with Gasteiger partial charge in [-0.1, -0.05) is 37.6 Å². The molecule has 4 rings (SSSR count). The topological polar surface area (TPSA) is 64.4 Å². The Balaban J connectivity index is 1.92. The number of para-hydroxylation sites is 3. The zero-order valence-corrected chi connectivity index (χ0v) is 20.8. The van der Waals surface area contributed by atoms with E-state index in [1.165, 1.54) is 24.3 Å². The highest BCUT2D eigenvalue weighted by atomic mass is 19.1. The van der Waals surface area contributed by atoms with Gasteiger partial charge in [-0.25, -0.2) is 9.37 Å². The Bertz CT molecular complexity index is 1420. The van der Waals surface area contributed by atoms with E-state index in [1.807, 2.05) is 51.1 Å². The maximum atomic E-state index is 13.8. The fourth-order valence-corrected chi connectivity index (χ4v) is 4.28. The predicted octanol–water partition coefficient (Wildman–Crippen LogP) is 5.93. The predicted molar refractivity (Wildman–Crippen MR) is 139 cm³/mol. The van der Waals surface area contributed by atoms with Crippen molar-refractivity contribution in [2.45, 2.75) is 39.7 Å². The molecule has 1 heterocycles. The molecule has 1 unspecified atom stereocenters. The third-order valence-electron chi connectivity index (χ3n) is 6.15. The summed E-state index contributed by atoms with van der Waals surface area (Å²) in [4.78, 5) is 34.0. The lowest BCUT2D eigenvalue weighted by Gasteiger charge is -2.31. The van der Waals surface area contributed by atoms with Gasteiger partial charge in [-0.3, -0.25) is 14.2 Å². The number of hydrogen-bond donors (Lipinski definition) is 0. The van der Waals surface area contributed by atoms with Gasteiger partial charge >= 0.3 is 0 Å². The van der Waals surface area contributed by atoms with Crippen LogP contribution in [-0.2, 0) is 0 Å². The number of carbonyl (C=O) groups excluding carboxylic acids is 1. The van der Waals surface area contributed by atoms with Crippen LogP contribution in [0.1, 0.15) is 55.8 Å². The summed E-state index contributed by atoms with van der Waals surface area (Å²) in [6.45, 7) is 6.70. The van der Waals surface area contributed by atoms with Gasteiger partial charge in [0.1, 0.15) is 17.4 Å². The minimum Gasteiger partial charge on any atom is -0.492 e. The fourth-order valence-electron chi connectivity index (χ4n) is 4.28. The largest absolute Gasteiger partial charge is 0.492 e. The van der Waals surface area contributed by atoms with Crippen LogP contribution in [0.3, 0.4) is 0 Å². The Labute approximate surface area is 210 Å². The van der Waals surface area contributed by atoms with Gasteiger partial charge in [0.05, 0.1) is 29.2 Å². The summed E-state index contributed by atoms with van der Waals surface area (Å²) in [6.07, 6.45) is 1.65. The van der Waals surface area contributed by atoms with Crippen LogP contribution in [0.15, 0.2) is 77.6 Å². The summed E-state index contributed by atoms with van der Waals surface area (Å²) in [5.41, 5.74) is 1.26. The third kappa shape index (κ3) is 5.00. The van der Waals surface area contributed by atoms with Gasteiger partial charge in [0.15, 0.2) is 0 Å². The van der Waals surface area contributed by atoms with Crippen molar-refractivity contribution >= 4 is 16.8 Å². The lowest BCUT2D eigenvalue weighted by atomic mass is 10.1. The number of hydrogen-bond acceptors (Lipinski definition) is 4. The Morgan fingerprint density at radius 2 is 1.72 bits per heavy atom. The molecule has 1 aromatic heterocycles. The summed E-state index contributed by atoms with van der Waals surface area (Å²) in [7, 11) is 0. The molecule has 0 fully saturated rings. The van der Waals surface area contributed by atoms with Gasteiger partial charge in [0.25, 0.3) is 11.5 Å². The van der Waals surface area contributed by atoms with Crippen molar-refractivity contribution < 1.29 is 13.9 Å². The van der Waals surface area contributed by atoms with Crippen molar-refractivity contribution in [1.29, 1.82) is 0 Å². The molecule has 3 aromatic carbocycles. The molecule has 0 aliphatic heterocycles. The lowest BCUT2D eigenvalue weighted by molar-refractivity contribution is 0.0678. The van der Waals surface area contributed by atoms with Crippen LogP contribution in [0.4, 0.5) is 4.39 Å². The number of amides is 1. The van der Waals surface area contributed by atoms with Crippen LogP contribution >= 0.6 is 0 Å². The maximum Gasteiger partial charge on any atom is 0.266 e. The average Bonchev–Trinajstić information content (AvgIpc) is 2.90. The second-order valence-electron chi connectivity index (χ2n) is 8.56. The standard InChI is InChI=1S/C29H30FN3O3/c1-4-6-19-32(28(34)21-15-17-22(30)18-16-21)20(3)27-31-24-12-8-7-11-23(24)29(35)33(27)25-13-9-10-14-26(25)36-5-2/h7-18,20H,4-6,19H2,1-3H3. The molecule has 0 bridgehead atoms. The molecule has 0 aliphatic rings. The number of nitrogens with zero attached hydrogens (tertiary/aromatic N) is 3. The van der Waals surface area contributed by atoms with E-state index < -0.39 is 11.9 Å². The number of halogens is 1. The van der Waals surface area contributed by atoms with E-state index in [2.05, 4.69) is 0 Å². The molecule has 186 valence electrons. The Kier molecular flexibility index (Phi) is 7.78. The highest BCUT2D eigenvalue weighted by Crippen LogP contribution is 2.29. The first-order valence-electron chi connectivity index (χ1n) is 12.3. The molecule has 0 aliphatic carbocycles. The van der Waals surface area contributed by atoms with E-state index in [1.54, 1.807) is 27.7 Å². The zero-order valence-electron chi connectivity index (χ0n) is 20.8. The highest BCUT2D eigenvalue weighted by Gasteiger charge is 2.28. The smallest absolute Gasteiger partial charge is 0.266 e. The zero-order chi connectivity index (χ0) is 25.7. The van der Waals surface area contributed by atoms with Crippen LogP contribution in [0.5, 0.6) is 5.75 Å². The molecule has 1 amide bonds. The quantitative estimate of drug-likeness (QED) is 0.294. The summed E-state index contributed by atoms with van der Waals surface area (Å²) >= 11 is 0. The van der Waals surface area contributed by atoms with Crippen LogP contribution < -0.4 is 10.3 Å². The van der Waals surface area contributed by atoms with Crippen molar-refractivity contribution in [2.75, 3.05) is 13.2 Å². The Morgan fingerprint density at radius 3 is 2.44 bits per heavy atom. The number of rotatable bonds is 9. The number of carbonyl (C=O) groups is 1. The third-order valence-corrected chi connectivity index (χ3v) is 6.15. The molecule has 0 saturated carbocycles. The van der Waals surface area contributed by atoms with Gasteiger partial charge in [0.2, 0.25) is 0 Å². The number of aromatic nitrogens is 2. The van der Waals surface area contributed by atoms with Crippen LogP contribution in [0.25, 0.3) is 16.6 Å². The van der Waals surface area contributed by atoms with E-state index in [0.29, 0.717) is 46.9 Å². The van der Waals surface area contributed by atoms with Gasteiger partial charge in [-0.15, -0.1) is 0 Å². The molecule has 0 radical (unpaired) electrons. The molecule has 0 spiro atoms. The first kappa shape index (κ1) is 25.1. The van der Waals surface area contributed by atoms with Gasteiger partial charge < -0.3 is 9.64 Å². The molecular weight excluding hydrogens is 457 g/mol. The van der Waals surface area contributed by atoms with E-state index in [4.69, 9.17) is 9.72 Å². The molecule has 4 aromatic rings. The van der Waals surface area contributed by atoms with Crippen LogP contribution in [0.2, 0.25) is 0 Å². The second kappa shape index (κ2) is 11.2. The number of ether oxygens (including phenoxy) is 1. The second-order valence-corrected chi connectivity index (χ2v) is 8.56. The van der Waals surface area contributed by atoms with Crippen molar-refractivity contribution in [1.82, 2.24) is 14.5 Å². The first-order chi connectivity index (χ1) is 17.5. The first-order valence-corrected chi connectivity index (χ1v) is 12.3. The minimum absolute atomic E-state index is 0.237. The van der Waals surface area contributed by atoms with E-state index >= 15 is 0 Å². The summed E-state index contributed by atoms with van der Waals surface area (Å²) < 4.78 is 20.9. The summed E-state index contributed by atoms with van der Waals surface area (Å²) in [6, 6.07) is 19.5. The lowest BCUT2D eigenvalue weighted by Crippen LogP contribution is -2.38. The maximum absolute atomic E-state index is 13.8. The Morgan fingerprint density at radius 1 is 1.03 bits per heavy atom. The van der Waals surface area contributed by atoms with E-state index in [9.17, 15) is 14.0 Å². The van der Waals surface area contributed by atoms with Gasteiger partial charge in [0, 0.05) is 12.1 Å². The van der Waals surface area contributed by atoms with Crippen LogP contribution in [-0.4, -0.2) is 33.5 Å². The molecule has 7 heteroatoms. The summed E-state index contributed by atoms with van der Waals surface area (Å²) in [5, 5.41) is 0.477. The molecule has 1 atom stereocenters. The molecular formula is C29H30FN3O3. The molecule has 0 saturated heterocycles. The van der Waals surface area contributed by atoms with Crippen LogP contribution in [0, 0.1) is 5.82 Å². The number of benzene rings is 3. The fraction of sp³-hybridized carbons (Fsp3) is 0.276. The van der Waals surface area contributed by atoms with Crippen molar-refractivity contribution in [3.63, 3.8) is 0 Å². The number of fused-ring (bicyclic) bond motifs is 1. The van der Waals surface area contributed by atoms with Crippen molar-refractivity contribution in [2.24, 2.45) is 0 Å². The van der Waals surface area contributed by atoms with Crippen molar-refractivity contribution in [3.8, 4) is 11.4 Å². The minimum atomic E-state index is -0.555. The highest BCUT2D eigenvalue weighted by molar-refractivity contribution is 5.94. The molecule has 6 nitrogen and oxygen atoms in total. The Hall–Kier alpha value is -4.00. The SMILES string of the molecule is CCCCN(C(=O)c1ccc(F)cc1)C(C)c1nc2ccccc2c(=O)n1-c1ccccc1OCC. The number of unbranched alkanes of at least 4 members (excludes halogenated alkanes) is 1. The van der Waals surface area contributed by atoms with Gasteiger partial charge in [-0.05, 0) is 68.8 Å². The monoisotopic (exact) mass is 487 g/mol. The molecule has 0 N–H and O–H groups in total. The van der Waals surface area contributed by atoms with Crippen molar-refractivity contribution in [3.05, 3.63) is 100 Å². The summed E-state index contributed by atoms with van der Waals surface area (Å²) in [5.74, 6) is 0.329. The normalized spacial score (nSPS) is 11.9. The van der Waals surface area contributed by atoms with Gasteiger partial charge in [-0.2, -0.15) is 0 Å². The average molecular weight is 488 g/mol. The molecule has 36 heavy (non-hydrogen) atoms. The van der Waals surface area contributed by atoms with E-state index in [-0.39, 0.29) is 11.5 Å². The van der Waals surface area contributed by atoms with E-state index in [0.717, 1.165) is 12.8 Å².